The van der Waals surface area contributed by atoms with Gasteiger partial charge in [0.05, 0.1) is 6.61 Å². The van der Waals surface area contributed by atoms with E-state index < -0.39 is 0 Å². The van der Waals surface area contributed by atoms with Gasteiger partial charge in [-0.15, -0.1) is 11.3 Å². The lowest BCUT2D eigenvalue weighted by atomic mass is 10.2. The second-order valence-electron chi connectivity index (χ2n) is 3.96. The van der Waals surface area contributed by atoms with E-state index in [1.807, 2.05) is 11.4 Å². The van der Waals surface area contributed by atoms with Gasteiger partial charge < -0.3 is 9.53 Å². The van der Waals surface area contributed by atoms with Crippen molar-refractivity contribution in [2.24, 2.45) is 0 Å². The van der Waals surface area contributed by atoms with Crippen molar-refractivity contribution in [2.75, 3.05) is 6.61 Å². The number of thiophene rings is 1. The van der Waals surface area contributed by atoms with E-state index in [0.29, 0.717) is 25.9 Å². The van der Waals surface area contributed by atoms with Gasteiger partial charge in [0.2, 0.25) is 0 Å². The minimum atomic E-state index is -0.162. The molecule has 4 heteroatoms. The highest BCUT2D eigenvalue weighted by Gasteiger charge is 2.03. The molecular weight excluding hydrogens is 236 g/mol. The monoisotopic (exact) mass is 254 g/mol. The van der Waals surface area contributed by atoms with Crippen LogP contribution in [-0.2, 0) is 20.7 Å². The Morgan fingerprint density at radius 3 is 2.76 bits per heavy atom. The predicted molar refractivity (Wildman–Crippen MR) is 68.1 cm³/mol. The van der Waals surface area contributed by atoms with Gasteiger partial charge in [-0.3, -0.25) is 4.79 Å². The first-order chi connectivity index (χ1) is 8.18. The fourth-order valence-corrected chi connectivity index (χ4v) is 2.19. The molecule has 1 aromatic heterocycles. The van der Waals surface area contributed by atoms with Crippen LogP contribution in [-0.4, -0.2) is 18.4 Å². The first-order valence-electron chi connectivity index (χ1n) is 5.86. The molecule has 0 saturated heterocycles. The third kappa shape index (κ3) is 6.89. The molecule has 0 N–H and O–H groups in total. The molecule has 0 aliphatic carbocycles. The van der Waals surface area contributed by atoms with Crippen LogP contribution in [0.2, 0.25) is 0 Å². The summed E-state index contributed by atoms with van der Waals surface area (Å²) in [5.41, 5.74) is 0. The number of ketones is 1. The highest BCUT2D eigenvalue weighted by atomic mass is 32.1. The van der Waals surface area contributed by atoms with E-state index in [1.165, 1.54) is 4.88 Å². The van der Waals surface area contributed by atoms with Gasteiger partial charge >= 0.3 is 5.97 Å². The summed E-state index contributed by atoms with van der Waals surface area (Å²) >= 11 is 1.71. The molecule has 17 heavy (non-hydrogen) atoms. The molecule has 0 spiro atoms. The number of hydrogen-bond acceptors (Lipinski definition) is 4. The summed E-state index contributed by atoms with van der Waals surface area (Å²) in [5, 5.41) is 2.04. The lowest BCUT2D eigenvalue weighted by molar-refractivity contribution is -0.144. The highest BCUT2D eigenvalue weighted by Crippen LogP contribution is 2.12. The molecule has 0 unspecified atom stereocenters. The van der Waals surface area contributed by atoms with Gasteiger partial charge in [0.15, 0.2) is 0 Å². The van der Waals surface area contributed by atoms with Crippen molar-refractivity contribution in [1.29, 1.82) is 0 Å². The van der Waals surface area contributed by atoms with Crippen molar-refractivity contribution in [3.8, 4) is 0 Å². The maximum Gasteiger partial charge on any atom is 0.305 e. The van der Waals surface area contributed by atoms with Crippen LogP contribution < -0.4 is 0 Å². The van der Waals surface area contributed by atoms with E-state index >= 15 is 0 Å². The third-order valence-corrected chi connectivity index (χ3v) is 3.26. The van der Waals surface area contributed by atoms with Crippen LogP contribution in [0.3, 0.4) is 0 Å². The molecule has 0 fully saturated rings. The standard InChI is InChI=1S/C13H18O3S/c1-11(14)5-3-9-16-13(15)8-2-6-12-7-4-10-17-12/h4,7,10H,2-3,5-6,8-9H2,1H3. The molecule has 1 aromatic rings. The summed E-state index contributed by atoms with van der Waals surface area (Å²) in [7, 11) is 0. The van der Waals surface area contributed by atoms with Crippen LogP contribution in [0.25, 0.3) is 0 Å². The van der Waals surface area contributed by atoms with Crippen molar-refractivity contribution < 1.29 is 14.3 Å². The molecular formula is C13H18O3S. The van der Waals surface area contributed by atoms with Crippen molar-refractivity contribution in [1.82, 2.24) is 0 Å². The quantitative estimate of drug-likeness (QED) is 0.529. The molecule has 94 valence electrons. The van der Waals surface area contributed by atoms with E-state index in [-0.39, 0.29) is 11.8 Å². The maximum absolute atomic E-state index is 11.3. The van der Waals surface area contributed by atoms with Crippen molar-refractivity contribution >= 4 is 23.1 Å². The molecule has 0 bridgehead atoms. The fourth-order valence-electron chi connectivity index (χ4n) is 1.44. The summed E-state index contributed by atoms with van der Waals surface area (Å²) in [4.78, 5) is 23.3. The molecule has 1 heterocycles. The number of carbonyl (C=O) groups is 2. The van der Waals surface area contributed by atoms with Crippen LogP contribution in [0, 0.1) is 0 Å². The first-order valence-corrected chi connectivity index (χ1v) is 6.74. The molecule has 3 nitrogen and oxygen atoms in total. The van der Waals surface area contributed by atoms with Crippen LogP contribution in [0.4, 0.5) is 0 Å². The van der Waals surface area contributed by atoms with Gasteiger partial charge in [-0.05, 0) is 37.6 Å². The SMILES string of the molecule is CC(=O)CCCOC(=O)CCCc1cccs1. The fraction of sp³-hybridized carbons (Fsp3) is 0.538. The van der Waals surface area contributed by atoms with Crippen LogP contribution in [0.5, 0.6) is 0 Å². The van der Waals surface area contributed by atoms with Crippen molar-refractivity contribution in [3.63, 3.8) is 0 Å². The molecule has 0 radical (unpaired) electrons. The number of esters is 1. The highest BCUT2D eigenvalue weighted by molar-refractivity contribution is 7.09. The smallest absolute Gasteiger partial charge is 0.305 e. The Labute approximate surface area is 106 Å². The topological polar surface area (TPSA) is 43.4 Å². The zero-order valence-corrected chi connectivity index (χ0v) is 10.9. The van der Waals surface area contributed by atoms with E-state index in [4.69, 9.17) is 4.74 Å². The Bertz CT molecular complexity index is 344. The molecule has 0 saturated carbocycles. The Morgan fingerprint density at radius 1 is 1.29 bits per heavy atom. The summed E-state index contributed by atoms with van der Waals surface area (Å²) in [6.07, 6.45) is 3.33. The lowest BCUT2D eigenvalue weighted by Gasteiger charge is -2.03. The van der Waals surface area contributed by atoms with Crippen molar-refractivity contribution in [2.45, 2.75) is 39.0 Å². The number of rotatable bonds is 8. The predicted octanol–water partition coefficient (Wildman–Crippen LogP) is 2.98. The van der Waals surface area contributed by atoms with Gasteiger partial charge in [-0.25, -0.2) is 0 Å². The van der Waals surface area contributed by atoms with Gasteiger partial charge in [-0.1, -0.05) is 6.07 Å². The zero-order valence-electron chi connectivity index (χ0n) is 10.1. The lowest BCUT2D eigenvalue weighted by Crippen LogP contribution is -2.07. The first kappa shape index (κ1) is 13.9. The molecule has 0 amide bonds. The molecule has 0 atom stereocenters. The minimum Gasteiger partial charge on any atom is -0.466 e. The van der Waals surface area contributed by atoms with Crippen LogP contribution in [0.1, 0.15) is 37.5 Å². The molecule has 0 aliphatic rings. The Morgan fingerprint density at radius 2 is 2.12 bits per heavy atom. The summed E-state index contributed by atoms with van der Waals surface area (Å²) in [6, 6.07) is 4.09. The van der Waals surface area contributed by atoms with E-state index in [9.17, 15) is 9.59 Å². The second kappa shape index (κ2) is 8.01. The number of ether oxygens (including phenoxy) is 1. The molecule has 1 rings (SSSR count). The average molecular weight is 254 g/mol. The number of carbonyl (C=O) groups excluding carboxylic acids is 2. The normalized spacial score (nSPS) is 10.2. The Kier molecular flexibility index (Phi) is 6.55. The Balaban J connectivity index is 1.99. The van der Waals surface area contributed by atoms with Crippen molar-refractivity contribution in [3.05, 3.63) is 22.4 Å². The van der Waals surface area contributed by atoms with Gasteiger partial charge in [-0.2, -0.15) is 0 Å². The second-order valence-corrected chi connectivity index (χ2v) is 4.99. The summed E-state index contributed by atoms with van der Waals surface area (Å²) in [5.74, 6) is -0.0242. The van der Waals surface area contributed by atoms with E-state index in [0.717, 1.165) is 12.8 Å². The van der Waals surface area contributed by atoms with Gasteiger partial charge in [0, 0.05) is 17.7 Å². The van der Waals surface area contributed by atoms with E-state index in [2.05, 4.69) is 6.07 Å². The van der Waals surface area contributed by atoms with Crippen LogP contribution >= 0.6 is 11.3 Å². The zero-order chi connectivity index (χ0) is 12.5. The third-order valence-electron chi connectivity index (χ3n) is 2.32. The summed E-state index contributed by atoms with van der Waals surface area (Å²) < 4.78 is 5.02. The molecule has 0 aliphatic heterocycles. The Hall–Kier alpha value is -1.16. The summed E-state index contributed by atoms with van der Waals surface area (Å²) in [6.45, 7) is 1.90. The number of aryl methyl sites for hydroxylation is 1. The van der Waals surface area contributed by atoms with Gasteiger partial charge in [0.25, 0.3) is 0 Å². The maximum atomic E-state index is 11.3. The average Bonchev–Trinajstić information content (AvgIpc) is 2.77. The minimum absolute atomic E-state index is 0.138. The van der Waals surface area contributed by atoms with E-state index in [1.54, 1.807) is 18.3 Å². The number of Topliss-reactive ketones (excluding diaryl/α,β-unsaturated/α-hetero) is 1. The van der Waals surface area contributed by atoms with Gasteiger partial charge in [0.1, 0.15) is 5.78 Å². The van der Waals surface area contributed by atoms with Crippen LogP contribution in [0.15, 0.2) is 17.5 Å². The molecule has 0 aromatic carbocycles. The largest absolute Gasteiger partial charge is 0.466 e. The number of hydrogen-bond donors (Lipinski definition) is 0.